The number of hydrogen-bond acceptors (Lipinski definition) is 8. The van der Waals surface area contributed by atoms with Crippen LogP contribution in [0, 0.1) is 11.8 Å². The van der Waals surface area contributed by atoms with E-state index < -0.39 is 0 Å². The molecule has 1 saturated carbocycles. The van der Waals surface area contributed by atoms with Crippen molar-refractivity contribution in [3.05, 3.63) is 6.33 Å². The van der Waals surface area contributed by atoms with Crippen LogP contribution in [0.1, 0.15) is 32.1 Å². The molecular formula is C19H27N7O2. The SMILES string of the molecule is O=C1NC2(CCC2)C2(CCN(c3ncnc(N4C[C@H]5CNC[C@H]5C4)n3)CC2)O1. The van der Waals surface area contributed by atoms with Gasteiger partial charge in [0, 0.05) is 52.1 Å². The number of aromatic nitrogens is 3. The number of anilines is 2. The minimum absolute atomic E-state index is 0.137. The monoisotopic (exact) mass is 385 g/mol. The van der Waals surface area contributed by atoms with E-state index in [9.17, 15) is 4.79 Å². The largest absolute Gasteiger partial charge is 0.440 e. The van der Waals surface area contributed by atoms with Crippen LogP contribution >= 0.6 is 0 Å². The summed E-state index contributed by atoms with van der Waals surface area (Å²) in [5.74, 6) is 2.95. The highest BCUT2D eigenvalue weighted by atomic mass is 16.6. The normalized spacial score (nSPS) is 32.4. The molecule has 0 aromatic carbocycles. The molecule has 150 valence electrons. The topological polar surface area (TPSA) is 95.5 Å². The maximum Gasteiger partial charge on any atom is 0.408 e. The summed E-state index contributed by atoms with van der Waals surface area (Å²) >= 11 is 0. The third-order valence-corrected chi connectivity index (χ3v) is 7.78. The summed E-state index contributed by atoms with van der Waals surface area (Å²) in [7, 11) is 0. The first-order valence-corrected chi connectivity index (χ1v) is 10.6. The van der Waals surface area contributed by atoms with Crippen molar-refractivity contribution in [2.45, 2.75) is 43.2 Å². The van der Waals surface area contributed by atoms with Crippen LogP contribution in [0.4, 0.5) is 16.7 Å². The molecule has 1 amide bonds. The molecule has 5 heterocycles. The lowest BCUT2D eigenvalue weighted by Gasteiger charge is -2.51. The smallest absolute Gasteiger partial charge is 0.408 e. The van der Waals surface area contributed by atoms with Crippen LogP contribution in [0.5, 0.6) is 0 Å². The van der Waals surface area contributed by atoms with Crippen molar-refractivity contribution in [2.75, 3.05) is 49.1 Å². The second-order valence-corrected chi connectivity index (χ2v) is 9.10. The molecule has 4 aliphatic heterocycles. The zero-order valence-electron chi connectivity index (χ0n) is 16.1. The van der Waals surface area contributed by atoms with Gasteiger partial charge >= 0.3 is 6.09 Å². The van der Waals surface area contributed by atoms with Gasteiger partial charge in [0.25, 0.3) is 0 Å². The van der Waals surface area contributed by atoms with Gasteiger partial charge in [-0.15, -0.1) is 0 Å². The van der Waals surface area contributed by atoms with E-state index in [1.54, 1.807) is 6.33 Å². The van der Waals surface area contributed by atoms with Crippen molar-refractivity contribution in [1.82, 2.24) is 25.6 Å². The summed E-state index contributed by atoms with van der Waals surface area (Å²) in [4.78, 5) is 30.2. The first-order valence-electron chi connectivity index (χ1n) is 10.6. The van der Waals surface area contributed by atoms with Crippen LogP contribution in [0.2, 0.25) is 0 Å². The van der Waals surface area contributed by atoms with E-state index in [0.29, 0.717) is 11.8 Å². The molecule has 1 aromatic heterocycles. The second-order valence-electron chi connectivity index (χ2n) is 9.10. The molecule has 1 aliphatic carbocycles. The van der Waals surface area contributed by atoms with Crippen LogP contribution in [-0.2, 0) is 4.74 Å². The molecule has 28 heavy (non-hydrogen) atoms. The lowest BCUT2D eigenvalue weighted by Crippen LogP contribution is -2.64. The molecule has 9 nitrogen and oxygen atoms in total. The molecule has 1 aromatic rings. The number of nitrogens with zero attached hydrogens (tertiary/aromatic N) is 5. The molecule has 4 saturated heterocycles. The van der Waals surface area contributed by atoms with Crippen molar-refractivity contribution in [1.29, 1.82) is 0 Å². The van der Waals surface area contributed by atoms with Gasteiger partial charge in [0.1, 0.15) is 11.9 Å². The van der Waals surface area contributed by atoms with E-state index in [4.69, 9.17) is 9.72 Å². The molecule has 2 atom stereocenters. The van der Waals surface area contributed by atoms with Gasteiger partial charge < -0.3 is 25.2 Å². The van der Waals surface area contributed by atoms with E-state index in [2.05, 4.69) is 30.4 Å². The maximum absolute atomic E-state index is 12.0. The summed E-state index contributed by atoms with van der Waals surface area (Å²) in [5, 5.41) is 6.59. The number of carbonyl (C=O) groups excluding carboxylic acids is 1. The van der Waals surface area contributed by atoms with Gasteiger partial charge in [-0.25, -0.2) is 14.8 Å². The van der Waals surface area contributed by atoms with Gasteiger partial charge in [0.2, 0.25) is 11.9 Å². The van der Waals surface area contributed by atoms with E-state index in [1.165, 1.54) is 6.42 Å². The standard InChI is InChI=1S/C19H27N7O2/c27-17-24-18(2-1-3-18)19(28-17)4-6-25(7-5-19)15-21-12-22-16(23-15)26-10-13-8-20-9-14(13)11-26/h12-14,20H,1-11H2,(H,24,27)/t13-,14+. The van der Waals surface area contributed by atoms with Crippen LogP contribution in [-0.4, -0.2) is 71.5 Å². The third-order valence-electron chi connectivity index (χ3n) is 7.78. The number of alkyl carbamates (subject to hydrolysis) is 1. The fourth-order valence-electron chi connectivity index (χ4n) is 5.97. The molecular weight excluding hydrogens is 358 g/mol. The molecule has 0 unspecified atom stereocenters. The van der Waals surface area contributed by atoms with Crippen LogP contribution in [0.15, 0.2) is 6.33 Å². The second kappa shape index (κ2) is 5.92. The van der Waals surface area contributed by atoms with E-state index in [-0.39, 0.29) is 17.2 Å². The van der Waals surface area contributed by atoms with Gasteiger partial charge in [-0.3, -0.25) is 0 Å². The Kier molecular flexibility index (Phi) is 3.54. The number of piperidine rings is 1. The Morgan fingerprint density at radius 1 is 1.00 bits per heavy atom. The summed E-state index contributed by atoms with van der Waals surface area (Å²) in [6.07, 6.45) is 6.27. The van der Waals surface area contributed by atoms with Crippen molar-refractivity contribution < 1.29 is 9.53 Å². The fourth-order valence-corrected chi connectivity index (χ4v) is 5.97. The molecule has 0 bridgehead atoms. The highest BCUT2D eigenvalue weighted by Gasteiger charge is 2.63. The highest BCUT2D eigenvalue weighted by Crippen LogP contribution is 2.51. The Balaban J connectivity index is 1.17. The molecule has 2 N–H and O–H groups in total. The zero-order valence-corrected chi connectivity index (χ0v) is 16.1. The van der Waals surface area contributed by atoms with Gasteiger partial charge in [-0.2, -0.15) is 4.98 Å². The number of nitrogens with one attached hydrogen (secondary N) is 2. The highest BCUT2D eigenvalue weighted by molar-refractivity contribution is 5.73. The number of amides is 1. The number of rotatable bonds is 2. The minimum Gasteiger partial charge on any atom is -0.440 e. The first-order chi connectivity index (χ1) is 13.7. The number of ether oxygens (including phenoxy) is 1. The Morgan fingerprint density at radius 3 is 2.32 bits per heavy atom. The van der Waals surface area contributed by atoms with E-state index in [1.807, 2.05) is 0 Å². The average Bonchev–Trinajstić information content (AvgIpc) is 3.34. The average molecular weight is 385 g/mol. The fraction of sp³-hybridized carbons (Fsp3) is 0.789. The van der Waals surface area contributed by atoms with E-state index in [0.717, 1.165) is 76.8 Å². The predicted molar refractivity (Wildman–Crippen MR) is 102 cm³/mol. The molecule has 9 heteroatoms. The number of hydrogen-bond donors (Lipinski definition) is 2. The Bertz CT molecular complexity index is 778. The van der Waals surface area contributed by atoms with Gasteiger partial charge in [-0.1, -0.05) is 0 Å². The van der Waals surface area contributed by atoms with Crippen molar-refractivity contribution >= 4 is 18.0 Å². The van der Waals surface area contributed by atoms with Crippen LogP contribution in [0.3, 0.4) is 0 Å². The summed E-state index contributed by atoms with van der Waals surface area (Å²) in [6, 6.07) is 0. The van der Waals surface area contributed by atoms with Crippen LogP contribution in [0.25, 0.3) is 0 Å². The molecule has 5 aliphatic rings. The molecule has 6 rings (SSSR count). The minimum atomic E-state index is -0.353. The lowest BCUT2D eigenvalue weighted by atomic mass is 9.62. The zero-order chi connectivity index (χ0) is 18.8. The summed E-state index contributed by atoms with van der Waals surface area (Å²) in [6.45, 7) is 5.84. The first kappa shape index (κ1) is 16.8. The lowest BCUT2D eigenvalue weighted by molar-refractivity contribution is -0.0510. The Labute approximate surface area is 164 Å². The Morgan fingerprint density at radius 2 is 1.68 bits per heavy atom. The molecule has 0 radical (unpaired) electrons. The number of carbonyl (C=O) groups is 1. The summed E-state index contributed by atoms with van der Waals surface area (Å²) < 4.78 is 5.84. The Hall–Kier alpha value is -2.16. The quantitative estimate of drug-likeness (QED) is 0.761. The summed E-state index contributed by atoms with van der Waals surface area (Å²) in [5.41, 5.74) is -0.490. The van der Waals surface area contributed by atoms with Gasteiger partial charge in [0.05, 0.1) is 5.54 Å². The molecule has 2 spiro atoms. The number of fused-ring (bicyclic) bond motifs is 2. The maximum atomic E-state index is 12.0. The van der Waals surface area contributed by atoms with Crippen molar-refractivity contribution in [3.8, 4) is 0 Å². The third kappa shape index (κ3) is 2.34. The van der Waals surface area contributed by atoms with Crippen molar-refractivity contribution in [3.63, 3.8) is 0 Å². The van der Waals surface area contributed by atoms with Crippen LogP contribution < -0.4 is 20.4 Å². The van der Waals surface area contributed by atoms with E-state index >= 15 is 0 Å². The molecule has 5 fully saturated rings. The van der Waals surface area contributed by atoms with Gasteiger partial charge in [-0.05, 0) is 31.1 Å². The predicted octanol–water partition coefficient (Wildman–Crippen LogP) is 0.529. The van der Waals surface area contributed by atoms with Gasteiger partial charge in [0.15, 0.2) is 0 Å². The van der Waals surface area contributed by atoms with Crippen molar-refractivity contribution in [2.24, 2.45) is 11.8 Å².